The van der Waals surface area contributed by atoms with Crippen LogP contribution in [-0.2, 0) is 0 Å². The molecule has 4 rings (SSSR count). The van der Waals surface area contributed by atoms with E-state index in [4.69, 9.17) is 0 Å². The molecule has 0 spiro atoms. The second kappa shape index (κ2) is 7.46. The first-order chi connectivity index (χ1) is 13.2. The molecule has 0 aliphatic rings. The highest BCUT2D eigenvalue weighted by molar-refractivity contribution is 5.91. The monoisotopic (exact) mass is 351 g/mol. The van der Waals surface area contributed by atoms with Gasteiger partial charge in [0.05, 0.1) is 5.92 Å². The van der Waals surface area contributed by atoms with Crippen molar-refractivity contribution < 1.29 is 4.79 Å². The van der Waals surface area contributed by atoms with E-state index in [-0.39, 0.29) is 11.8 Å². The van der Waals surface area contributed by atoms with Gasteiger partial charge in [-0.15, -0.1) is 0 Å². The third kappa shape index (κ3) is 3.47. The van der Waals surface area contributed by atoms with E-state index >= 15 is 0 Å². The molecule has 0 amide bonds. The van der Waals surface area contributed by atoms with Crippen LogP contribution >= 0.6 is 0 Å². The molecule has 0 saturated heterocycles. The molecule has 27 heavy (non-hydrogen) atoms. The Balaban J connectivity index is 1.79. The third-order valence-electron chi connectivity index (χ3n) is 4.92. The van der Waals surface area contributed by atoms with Crippen molar-refractivity contribution in [2.45, 2.75) is 12.8 Å². The molecule has 0 bridgehead atoms. The molecular formula is C25H21NO. The largest absolute Gasteiger partial charge is 0.293 e. The summed E-state index contributed by atoms with van der Waals surface area (Å²) in [4.78, 5) is 13.1. The van der Waals surface area contributed by atoms with Crippen molar-refractivity contribution in [3.63, 3.8) is 0 Å². The van der Waals surface area contributed by atoms with E-state index in [0.29, 0.717) is 0 Å². The maximum atomic E-state index is 13.1. The van der Waals surface area contributed by atoms with E-state index < -0.39 is 0 Å². The Morgan fingerprint density at radius 2 is 1.07 bits per heavy atom. The first-order valence-corrected chi connectivity index (χ1v) is 9.16. The Hall–Kier alpha value is -3.39. The molecule has 0 aliphatic carbocycles. The molecule has 0 N–H and O–H groups in total. The Kier molecular flexibility index (Phi) is 4.71. The van der Waals surface area contributed by atoms with Gasteiger partial charge < -0.3 is 0 Å². The molecule has 0 radical (unpaired) electrons. The van der Waals surface area contributed by atoms with Crippen LogP contribution in [0.15, 0.2) is 103 Å². The molecule has 3 aromatic carbocycles. The average molecular weight is 351 g/mol. The van der Waals surface area contributed by atoms with Gasteiger partial charge in [-0.25, -0.2) is 0 Å². The summed E-state index contributed by atoms with van der Waals surface area (Å²) in [5.41, 5.74) is 5.37. The van der Waals surface area contributed by atoms with Gasteiger partial charge in [0, 0.05) is 23.5 Å². The van der Waals surface area contributed by atoms with Gasteiger partial charge in [0.15, 0.2) is 0 Å². The van der Waals surface area contributed by atoms with E-state index in [1.54, 1.807) is 4.57 Å². The highest BCUT2D eigenvalue weighted by Crippen LogP contribution is 2.33. The molecule has 1 atom stereocenters. The van der Waals surface area contributed by atoms with Crippen LogP contribution in [0.3, 0.4) is 0 Å². The smallest absolute Gasteiger partial charge is 0.237 e. The molecule has 0 saturated carbocycles. The topological polar surface area (TPSA) is 22.0 Å². The van der Waals surface area contributed by atoms with Gasteiger partial charge in [-0.2, -0.15) is 0 Å². The van der Waals surface area contributed by atoms with E-state index in [9.17, 15) is 4.79 Å². The standard InChI is InChI=1S/C25H21NO/c1-19(20-11-5-2-6-12-20)25(27)26-17-23(21-13-7-3-8-14-21)24(18-26)22-15-9-4-10-16-22/h2-19H,1H3. The lowest BCUT2D eigenvalue weighted by Gasteiger charge is -2.11. The third-order valence-corrected chi connectivity index (χ3v) is 4.92. The summed E-state index contributed by atoms with van der Waals surface area (Å²) < 4.78 is 1.74. The van der Waals surface area contributed by atoms with Gasteiger partial charge >= 0.3 is 0 Å². The van der Waals surface area contributed by atoms with Crippen molar-refractivity contribution in [3.8, 4) is 22.3 Å². The van der Waals surface area contributed by atoms with E-state index in [0.717, 1.165) is 27.8 Å². The molecule has 4 aromatic rings. The maximum absolute atomic E-state index is 13.1. The number of rotatable bonds is 4. The average Bonchev–Trinajstić information content (AvgIpc) is 3.20. The predicted octanol–water partition coefficient (Wildman–Crippen LogP) is 6.27. The van der Waals surface area contributed by atoms with E-state index in [1.807, 2.05) is 86.0 Å². The quantitative estimate of drug-likeness (QED) is 0.425. The van der Waals surface area contributed by atoms with Crippen molar-refractivity contribution in [1.82, 2.24) is 4.57 Å². The first-order valence-electron chi connectivity index (χ1n) is 9.16. The number of carbonyl (C=O) groups excluding carboxylic acids is 1. The summed E-state index contributed by atoms with van der Waals surface area (Å²) in [5.74, 6) is -0.133. The van der Waals surface area contributed by atoms with Crippen LogP contribution < -0.4 is 0 Å². The Morgan fingerprint density at radius 1 is 0.667 bits per heavy atom. The van der Waals surface area contributed by atoms with Crippen LogP contribution in [0, 0.1) is 0 Å². The molecule has 0 fully saturated rings. The Labute approximate surface area is 159 Å². The molecule has 1 aromatic heterocycles. The zero-order chi connectivity index (χ0) is 18.6. The van der Waals surface area contributed by atoms with Crippen molar-refractivity contribution in [2.24, 2.45) is 0 Å². The lowest BCUT2D eigenvalue weighted by atomic mass is 9.99. The minimum atomic E-state index is -0.203. The second-order valence-corrected chi connectivity index (χ2v) is 6.70. The zero-order valence-electron chi connectivity index (χ0n) is 15.2. The van der Waals surface area contributed by atoms with Gasteiger partial charge in [0.2, 0.25) is 5.91 Å². The first kappa shape index (κ1) is 17.0. The number of benzene rings is 3. The molecule has 132 valence electrons. The summed E-state index contributed by atoms with van der Waals surface area (Å²) in [6.45, 7) is 1.96. The van der Waals surface area contributed by atoms with Crippen molar-refractivity contribution in [1.29, 1.82) is 0 Å². The van der Waals surface area contributed by atoms with E-state index in [2.05, 4.69) is 24.3 Å². The molecule has 1 heterocycles. The molecule has 1 unspecified atom stereocenters. The fourth-order valence-electron chi connectivity index (χ4n) is 3.39. The lowest BCUT2D eigenvalue weighted by molar-refractivity contribution is 0.0885. The number of nitrogens with zero attached hydrogens (tertiary/aromatic N) is 1. The molecular weight excluding hydrogens is 330 g/mol. The van der Waals surface area contributed by atoms with Crippen LogP contribution in [0.25, 0.3) is 22.3 Å². The summed E-state index contributed by atoms with van der Waals surface area (Å²) in [5, 5.41) is 0. The fraction of sp³-hybridized carbons (Fsp3) is 0.0800. The Morgan fingerprint density at radius 3 is 1.52 bits per heavy atom. The number of aromatic nitrogens is 1. The highest BCUT2D eigenvalue weighted by atomic mass is 16.2. The predicted molar refractivity (Wildman–Crippen MR) is 111 cm³/mol. The second-order valence-electron chi connectivity index (χ2n) is 6.70. The zero-order valence-corrected chi connectivity index (χ0v) is 15.2. The number of carbonyl (C=O) groups is 1. The van der Waals surface area contributed by atoms with E-state index in [1.165, 1.54) is 0 Å². The minimum Gasteiger partial charge on any atom is -0.293 e. The maximum Gasteiger partial charge on any atom is 0.237 e. The molecule has 0 aliphatic heterocycles. The van der Waals surface area contributed by atoms with Gasteiger partial charge in [-0.05, 0) is 23.6 Å². The van der Waals surface area contributed by atoms with Gasteiger partial charge in [-0.3, -0.25) is 9.36 Å². The van der Waals surface area contributed by atoms with Crippen molar-refractivity contribution >= 4 is 5.91 Å². The van der Waals surface area contributed by atoms with Crippen molar-refractivity contribution in [2.75, 3.05) is 0 Å². The van der Waals surface area contributed by atoms with Crippen LogP contribution in [0.4, 0.5) is 0 Å². The molecule has 2 nitrogen and oxygen atoms in total. The summed E-state index contributed by atoms with van der Waals surface area (Å²) in [6.07, 6.45) is 3.92. The van der Waals surface area contributed by atoms with Crippen LogP contribution in [-0.4, -0.2) is 10.5 Å². The fourth-order valence-corrected chi connectivity index (χ4v) is 3.39. The molecule has 2 heteroatoms. The van der Waals surface area contributed by atoms with Crippen molar-refractivity contribution in [3.05, 3.63) is 109 Å². The van der Waals surface area contributed by atoms with Gasteiger partial charge in [-0.1, -0.05) is 91.0 Å². The van der Waals surface area contributed by atoms with Gasteiger partial charge in [0.1, 0.15) is 0 Å². The van der Waals surface area contributed by atoms with Crippen LogP contribution in [0.5, 0.6) is 0 Å². The summed E-state index contributed by atoms with van der Waals surface area (Å²) >= 11 is 0. The van der Waals surface area contributed by atoms with Crippen LogP contribution in [0.2, 0.25) is 0 Å². The normalized spacial score (nSPS) is 11.9. The summed E-state index contributed by atoms with van der Waals surface area (Å²) in [6, 6.07) is 30.3. The van der Waals surface area contributed by atoms with Gasteiger partial charge in [0.25, 0.3) is 0 Å². The van der Waals surface area contributed by atoms with Crippen LogP contribution in [0.1, 0.15) is 23.2 Å². The number of hydrogen-bond acceptors (Lipinski definition) is 1. The minimum absolute atomic E-state index is 0.0700. The highest BCUT2D eigenvalue weighted by Gasteiger charge is 2.20. The lowest BCUT2D eigenvalue weighted by Crippen LogP contribution is -2.16. The SMILES string of the molecule is CC(C(=O)n1cc(-c2ccccc2)c(-c2ccccc2)c1)c1ccccc1. The summed E-state index contributed by atoms with van der Waals surface area (Å²) in [7, 11) is 0. The number of hydrogen-bond donors (Lipinski definition) is 0. The Bertz CT molecular complexity index is 977.